The molecule has 4 heteroatoms. The average Bonchev–Trinajstić information content (AvgIpc) is 2.26. The molecule has 0 spiro atoms. The zero-order chi connectivity index (χ0) is 10.4. The zero-order valence-corrected chi connectivity index (χ0v) is 7.99. The Balaban J connectivity index is 2.74. The molecular formula is C10H12N2O2. The molecular weight excluding hydrogens is 180 g/mol. The fourth-order valence-electron chi connectivity index (χ4n) is 0.995. The summed E-state index contributed by atoms with van der Waals surface area (Å²) in [6, 6.07) is 3.05. The van der Waals surface area contributed by atoms with Crippen LogP contribution in [0.4, 0.5) is 0 Å². The molecule has 0 atom stereocenters. The largest absolute Gasteiger partial charge is 0.352 e. The summed E-state index contributed by atoms with van der Waals surface area (Å²) >= 11 is 0. The van der Waals surface area contributed by atoms with Gasteiger partial charge in [0.25, 0.3) is 5.91 Å². The molecule has 0 unspecified atom stereocenters. The van der Waals surface area contributed by atoms with E-state index in [1.54, 1.807) is 6.07 Å². The lowest BCUT2D eigenvalue weighted by Gasteiger charge is -2.02. The van der Waals surface area contributed by atoms with Gasteiger partial charge in [0.15, 0.2) is 6.29 Å². The standard InChI is InChI=1S/C10H12N2O2/c1-2-4-12-10(14)8-3-5-11-9(6-8)7-13/h3,5-7H,2,4H2,1H3,(H,12,14). The SMILES string of the molecule is CCCNC(=O)c1ccnc(C=O)c1. The van der Waals surface area contributed by atoms with E-state index in [0.717, 1.165) is 6.42 Å². The summed E-state index contributed by atoms with van der Waals surface area (Å²) in [5, 5.41) is 2.72. The Morgan fingerprint density at radius 2 is 2.43 bits per heavy atom. The molecule has 0 aliphatic rings. The minimum atomic E-state index is -0.169. The highest BCUT2D eigenvalue weighted by molar-refractivity contribution is 5.95. The maximum Gasteiger partial charge on any atom is 0.251 e. The Bertz CT molecular complexity index is 337. The first-order chi connectivity index (χ1) is 6.77. The van der Waals surface area contributed by atoms with Crippen LogP contribution in [-0.2, 0) is 0 Å². The molecule has 0 fully saturated rings. The van der Waals surface area contributed by atoms with Crippen molar-refractivity contribution in [2.24, 2.45) is 0 Å². The maximum atomic E-state index is 11.4. The van der Waals surface area contributed by atoms with Crippen LogP contribution in [0.2, 0.25) is 0 Å². The van der Waals surface area contributed by atoms with E-state index in [1.165, 1.54) is 12.3 Å². The van der Waals surface area contributed by atoms with E-state index in [9.17, 15) is 9.59 Å². The van der Waals surface area contributed by atoms with Gasteiger partial charge in [-0.3, -0.25) is 14.6 Å². The van der Waals surface area contributed by atoms with Gasteiger partial charge in [-0.1, -0.05) is 6.92 Å². The Morgan fingerprint density at radius 1 is 1.64 bits per heavy atom. The van der Waals surface area contributed by atoms with Gasteiger partial charge < -0.3 is 5.32 Å². The van der Waals surface area contributed by atoms with Gasteiger partial charge in [0.2, 0.25) is 0 Å². The van der Waals surface area contributed by atoms with Gasteiger partial charge >= 0.3 is 0 Å². The van der Waals surface area contributed by atoms with Crippen LogP contribution in [0.25, 0.3) is 0 Å². The Kier molecular flexibility index (Phi) is 3.79. The number of nitrogens with zero attached hydrogens (tertiary/aromatic N) is 1. The van der Waals surface area contributed by atoms with Crippen LogP contribution in [0, 0.1) is 0 Å². The van der Waals surface area contributed by atoms with E-state index in [-0.39, 0.29) is 11.6 Å². The van der Waals surface area contributed by atoms with Crippen molar-refractivity contribution in [3.05, 3.63) is 29.6 Å². The normalized spacial score (nSPS) is 9.50. The second-order valence-electron chi connectivity index (χ2n) is 2.84. The van der Waals surface area contributed by atoms with Crippen LogP contribution >= 0.6 is 0 Å². The fraction of sp³-hybridized carbons (Fsp3) is 0.300. The predicted molar refractivity (Wildman–Crippen MR) is 52.2 cm³/mol. The number of pyridine rings is 1. The molecule has 0 saturated heterocycles. The van der Waals surface area contributed by atoms with Crippen LogP contribution in [0.1, 0.15) is 34.2 Å². The minimum absolute atomic E-state index is 0.169. The molecule has 1 N–H and O–H groups in total. The second kappa shape index (κ2) is 5.11. The topological polar surface area (TPSA) is 59.1 Å². The van der Waals surface area contributed by atoms with Gasteiger partial charge in [0, 0.05) is 18.3 Å². The average molecular weight is 192 g/mol. The smallest absolute Gasteiger partial charge is 0.251 e. The fourth-order valence-corrected chi connectivity index (χ4v) is 0.995. The summed E-state index contributed by atoms with van der Waals surface area (Å²) in [5.41, 5.74) is 0.740. The molecule has 0 aliphatic carbocycles. The quantitative estimate of drug-likeness (QED) is 0.725. The first-order valence-electron chi connectivity index (χ1n) is 4.47. The van der Waals surface area contributed by atoms with Crippen molar-refractivity contribution in [1.29, 1.82) is 0 Å². The number of carbonyl (C=O) groups is 2. The molecule has 0 radical (unpaired) electrons. The van der Waals surface area contributed by atoms with Crippen molar-refractivity contribution in [3.63, 3.8) is 0 Å². The van der Waals surface area contributed by atoms with Crippen molar-refractivity contribution in [3.8, 4) is 0 Å². The van der Waals surface area contributed by atoms with Gasteiger partial charge in [-0.2, -0.15) is 0 Å². The highest BCUT2D eigenvalue weighted by Crippen LogP contribution is 1.99. The van der Waals surface area contributed by atoms with E-state index in [1.807, 2.05) is 6.92 Å². The molecule has 1 aromatic heterocycles. The summed E-state index contributed by atoms with van der Waals surface area (Å²) < 4.78 is 0. The summed E-state index contributed by atoms with van der Waals surface area (Å²) in [4.78, 5) is 25.6. The van der Waals surface area contributed by atoms with Crippen molar-refractivity contribution in [2.45, 2.75) is 13.3 Å². The highest BCUT2D eigenvalue weighted by atomic mass is 16.1. The van der Waals surface area contributed by atoms with Crippen molar-refractivity contribution in [2.75, 3.05) is 6.54 Å². The number of amides is 1. The summed E-state index contributed by atoms with van der Waals surface area (Å²) in [5.74, 6) is -0.169. The Labute approximate surface area is 82.3 Å². The number of hydrogen-bond acceptors (Lipinski definition) is 3. The number of nitrogens with one attached hydrogen (secondary N) is 1. The maximum absolute atomic E-state index is 11.4. The van der Waals surface area contributed by atoms with Crippen molar-refractivity contribution >= 4 is 12.2 Å². The number of rotatable bonds is 4. The van der Waals surface area contributed by atoms with Crippen molar-refractivity contribution < 1.29 is 9.59 Å². The third-order valence-corrected chi connectivity index (χ3v) is 1.70. The third kappa shape index (κ3) is 2.65. The molecule has 1 aromatic rings. The minimum Gasteiger partial charge on any atom is -0.352 e. The summed E-state index contributed by atoms with van der Waals surface area (Å²) in [6.45, 7) is 2.61. The van der Waals surface area contributed by atoms with Gasteiger partial charge in [0.05, 0.1) is 0 Å². The van der Waals surface area contributed by atoms with Crippen LogP contribution in [-0.4, -0.2) is 23.7 Å². The number of hydrogen-bond donors (Lipinski definition) is 1. The Hall–Kier alpha value is -1.71. The van der Waals surface area contributed by atoms with E-state index in [4.69, 9.17) is 0 Å². The second-order valence-corrected chi connectivity index (χ2v) is 2.84. The lowest BCUT2D eigenvalue weighted by atomic mass is 10.2. The van der Waals surface area contributed by atoms with E-state index in [2.05, 4.69) is 10.3 Å². The van der Waals surface area contributed by atoms with Crippen LogP contribution in [0.15, 0.2) is 18.3 Å². The van der Waals surface area contributed by atoms with E-state index in [0.29, 0.717) is 18.4 Å². The number of aldehydes is 1. The van der Waals surface area contributed by atoms with Crippen LogP contribution in [0.3, 0.4) is 0 Å². The lowest BCUT2D eigenvalue weighted by molar-refractivity contribution is 0.0953. The molecule has 74 valence electrons. The Morgan fingerprint density at radius 3 is 3.07 bits per heavy atom. The molecule has 0 bridgehead atoms. The third-order valence-electron chi connectivity index (χ3n) is 1.70. The van der Waals surface area contributed by atoms with Crippen LogP contribution in [0.5, 0.6) is 0 Å². The van der Waals surface area contributed by atoms with Crippen LogP contribution < -0.4 is 5.32 Å². The first kappa shape index (κ1) is 10.4. The number of carbonyl (C=O) groups excluding carboxylic acids is 2. The van der Waals surface area contributed by atoms with Crippen molar-refractivity contribution in [1.82, 2.24) is 10.3 Å². The summed E-state index contributed by atoms with van der Waals surface area (Å²) in [7, 11) is 0. The molecule has 14 heavy (non-hydrogen) atoms. The molecule has 1 heterocycles. The molecule has 0 saturated carbocycles. The zero-order valence-electron chi connectivity index (χ0n) is 7.99. The number of aromatic nitrogens is 1. The molecule has 0 aromatic carbocycles. The van der Waals surface area contributed by atoms with E-state index < -0.39 is 0 Å². The first-order valence-corrected chi connectivity index (χ1v) is 4.47. The van der Waals surface area contributed by atoms with Gasteiger partial charge in [-0.15, -0.1) is 0 Å². The van der Waals surface area contributed by atoms with Gasteiger partial charge in [-0.25, -0.2) is 0 Å². The monoisotopic (exact) mass is 192 g/mol. The van der Waals surface area contributed by atoms with Gasteiger partial charge in [0.1, 0.15) is 5.69 Å². The molecule has 4 nitrogen and oxygen atoms in total. The molecule has 1 rings (SSSR count). The predicted octanol–water partition coefficient (Wildman–Crippen LogP) is 1.03. The highest BCUT2D eigenvalue weighted by Gasteiger charge is 2.04. The molecule has 0 aliphatic heterocycles. The van der Waals surface area contributed by atoms with Gasteiger partial charge in [-0.05, 0) is 18.6 Å². The van der Waals surface area contributed by atoms with E-state index >= 15 is 0 Å². The lowest BCUT2D eigenvalue weighted by Crippen LogP contribution is -2.24. The summed E-state index contributed by atoms with van der Waals surface area (Å²) in [6.07, 6.45) is 2.96. The molecule has 1 amide bonds.